The molecule has 0 N–H and O–H groups in total. The number of Topliss-reactive ketones (excluding diaryl/α,β-unsaturated/α-hetero) is 1. The zero-order valence-electron chi connectivity index (χ0n) is 37.7. The number of benzene rings is 2. The predicted octanol–water partition coefficient (Wildman–Crippen LogP) is 13.3. The Bertz CT molecular complexity index is 2150. The monoisotopic (exact) mass is 894 g/mol. The number of ketones is 1. The summed E-state index contributed by atoms with van der Waals surface area (Å²) in [6.07, 6.45) is 8.17. The maximum atomic E-state index is 15.3. The summed E-state index contributed by atoms with van der Waals surface area (Å²) in [5, 5.41) is 1.05. The van der Waals surface area contributed by atoms with Crippen LogP contribution in [0.5, 0.6) is 11.5 Å². The van der Waals surface area contributed by atoms with Gasteiger partial charge in [0.25, 0.3) is 11.8 Å². The summed E-state index contributed by atoms with van der Waals surface area (Å²) in [6.45, 7) is 23.6. The van der Waals surface area contributed by atoms with Crippen LogP contribution < -0.4 is 9.47 Å². The first-order valence-electron chi connectivity index (χ1n) is 21.2. The third-order valence-corrected chi connectivity index (χ3v) is 12.5. The Morgan fingerprint density at radius 2 is 1.73 bits per heavy atom. The third-order valence-electron chi connectivity index (χ3n) is 11.6. The molecule has 336 valence electrons. The second-order valence-corrected chi connectivity index (χ2v) is 17.7. The van der Waals surface area contributed by atoms with Gasteiger partial charge in [0.2, 0.25) is 0 Å². The number of rotatable bonds is 23. The van der Waals surface area contributed by atoms with E-state index in [1.165, 1.54) is 17.8 Å². The fourth-order valence-electron chi connectivity index (χ4n) is 7.82. The van der Waals surface area contributed by atoms with Gasteiger partial charge in [0.15, 0.2) is 11.6 Å². The van der Waals surface area contributed by atoms with Crippen LogP contribution in [0.4, 0.5) is 13.2 Å². The molecule has 4 rings (SSSR count). The summed E-state index contributed by atoms with van der Waals surface area (Å²) in [6, 6.07) is 10.0. The second kappa shape index (κ2) is 22.2. The van der Waals surface area contributed by atoms with Crippen molar-refractivity contribution in [2.24, 2.45) is 10.9 Å². The first kappa shape index (κ1) is 50.2. The summed E-state index contributed by atoms with van der Waals surface area (Å²) in [5.41, 5.74) is 5.76. The average molecular weight is 896 g/mol. The van der Waals surface area contributed by atoms with E-state index < -0.39 is 42.6 Å². The average Bonchev–Trinajstić information content (AvgIpc) is 3.54. The molecule has 2 aromatic carbocycles. The highest BCUT2D eigenvalue weighted by Gasteiger charge is 2.38. The van der Waals surface area contributed by atoms with E-state index in [2.05, 4.69) is 38.9 Å². The SMILES string of the molecule is C=C(/N=C(\C=C/C)COc1ccc(C(C)(C)C2=CC(Cl)=C(OCCC(F)(F)CCOc3cc4c(cc3F)C(=O)N(C(CCC(=O)CC)C(=C)C)C4)C(=C(C)CC)C2C)cc1)SC. The summed E-state index contributed by atoms with van der Waals surface area (Å²) in [7, 11) is 0. The summed E-state index contributed by atoms with van der Waals surface area (Å²) in [5.74, 6) is -3.53. The molecule has 62 heavy (non-hydrogen) atoms. The van der Waals surface area contributed by atoms with E-state index in [1.807, 2.05) is 69.5 Å². The molecule has 2 atom stereocenters. The molecule has 0 radical (unpaired) electrons. The number of halogens is 4. The largest absolute Gasteiger partial charge is 0.491 e. The number of aliphatic imine (C=N–C) groups is 1. The van der Waals surface area contributed by atoms with Crippen LogP contribution in [-0.4, -0.2) is 60.3 Å². The number of alkyl halides is 2. The zero-order chi connectivity index (χ0) is 45.9. The molecule has 2 aliphatic rings. The van der Waals surface area contributed by atoms with Crippen LogP contribution in [0.15, 0.2) is 111 Å². The number of carbonyl (C=O) groups is 2. The Labute approximate surface area is 375 Å². The number of hydrogen-bond donors (Lipinski definition) is 0. The van der Waals surface area contributed by atoms with Crippen molar-refractivity contribution in [3.05, 3.63) is 128 Å². The Balaban J connectivity index is 1.41. The Morgan fingerprint density at radius 1 is 1.06 bits per heavy atom. The second-order valence-electron chi connectivity index (χ2n) is 16.4. The van der Waals surface area contributed by atoms with Gasteiger partial charge < -0.3 is 19.1 Å². The van der Waals surface area contributed by atoms with Gasteiger partial charge in [-0.05, 0) is 87.4 Å². The smallest absolute Gasteiger partial charge is 0.255 e. The first-order chi connectivity index (χ1) is 29.3. The van der Waals surface area contributed by atoms with Crippen molar-refractivity contribution in [3.8, 4) is 11.5 Å². The molecule has 0 spiro atoms. The molecule has 0 fully saturated rings. The number of thioether (sulfide) groups is 1. The third kappa shape index (κ3) is 12.6. The standard InChI is InChI=1S/C50H62ClF3N2O5S/c1-12-15-37(55-34(8)62-11)30-61-39-19-16-36(17-20-39)49(9,10)41-28-42(51)47(46(33(41)7)32(6)13-2)60-25-23-50(53,54)22-24-59-45-26-35-29-56(48(58)40(35)27-43(45)52)44(31(4)5)21-18-38(57)14-3/h12,15-17,19-20,26-28,33,44H,4,8,13-14,18,21-25,29-30H2,1-3,5-7,9-11H3/b15-12-,46-32?,55-37+. The maximum absolute atomic E-state index is 15.3. The maximum Gasteiger partial charge on any atom is 0.255 e. The van der Waals surface area contributed by atoms with Gasteiger partial charge in [-0.1, -0.05) is 94.3 Å². The fraction of sp³-hybridized carbons (Fsp3) is 0.460. The van der Waals surface area contributed by atoms with Gasteiger partial charge in [0.1, 0.15) is 23.9 Å². The van der Waals surface area contributed by atoms with Gasteiger partial charge >= 0.3 is 0 Å². The normalized spacial score (nSPS) is 17.3. The molecule has 7 nitrogen and oxygen atoms in total. The van der Waals surface area contributed by atoms with Crippen molar-refractivity contribution in [2.75, 3.05) is 26.1 Å². The van der Waals surface area contributed by atoms with Gasteiger partial charge in [-0.25, -0.2) is 18.2 Å². The zero-order valence-corrected chi connectivity index (χ0v) is 39.3. The summed E-state index contributed by atoms with van der Waals surface area (Å²) in [4.78, 5) is 31.3. The van der Waals surface area contributed by atoms with Crippen LogP contribution in [0.2, 0.25) is 0 Å². The van der Waals surface area contributed by atoms with Gasteiger partial charge in [-0.3, -0.25) is 9.59 Å². The van der Waals surface area contributed by atoms with Gasteiger partial charge in [-0.2, -0.15) is 0 Å². The number of carbonyl (C=O) groups excluding carboxylic acids is 2. The number of allylic oxidation sites excluding steroid dienone is 6. The molecule has 1 aliphatic carbocycles. The van der Waals surface area contributed by atoms with Crippen LogP contribution in [0.1, 0.15) is 115 Å². The first-order valence-corrected chi connectivity index (χ1v) is 22.8. The molecular formula is C50H62ClF3N2O5S. The molecule has 0 aromatic heterocycles. The highest BCUT2D eigenvalue weighted by Crippen LogP contribution is 2.47. The van der Waals surface area contributed by atoms with Crippen LogP contribution in [-0.2, 0) is 21.5 Å². The number of nitrogens with zero attached hydrogens (tertiary/aromatic N) is 2. The molecule has 12 heteroatoms. The van der Waals surface area contributed by atoms with Crippen molar-refractivity contribution < 1.29 is 37.0 Å². The molecule has 1 heterocycles. The topological polar surface area (TPSA) is 77.4 Å². The van der Waals surface area contributed by atoms with Gasteiger partial charge in [0, 0.05) is 54.7 Å². The molecule has 2 unspecified atom stereocenters. The highest BCUT2D eigenvalue weighted by atomic mass is 35.5. The lowest BCUT2D eigenvalue weighted by Crippen LogP contribution is -2.36. The van der Waals surface area contributed by atoms with E-state index in [1.54, 1.807) is 18.7 Å². The van der Waals surface area contributed by atoms with E-state index in [0.717, 1.165) is 34.1 Å². The summed E-state index contributed by atoms with van der Waals surface area (Å²) >= 11 is 8.43. The lowest BCUT2D eigenvalue weighted by molar-refractivity contribution is -0.119. The molecule has 1 aliphatic heterocycles. The number of hydrogen-bond acceptors (Lipinski definition) is 7. The molecule has 0 saturated heterocycles. The Morgan fingerprint density at radius 3 is 2.32 bits per heavy atom. The van der Waals surface area contributed by atoms with E-state index >= 15 is 13.2 Å². The van der Waals surface area contributed by atoms with Crippen LogP contribution in [0.25, 0.3) is 0 Å². The summed E-state index contributed by atoms with van der Waals surface area (Å²) < 4.78 is 63.5. The minimum Gasteiger partial charge on any atom is -0.491 e. The van der Waals surface area contributed by atoms with Crippen LogP contribution in [0, 0.1) is 11.7 Å². The van der Waals surface area contributed by atoms with E-state index in [4.69, 9.17) is 25.8 Å². The Hall–Kier alpha value is -4.48. The van der Waals surface area contributed by atoms with E-state index in [-0.39, 0.29) is 42.1 Å². The Kier molecular flexibility index (Phi) is 18.0. The number of fused-ring (bicyclic) bond motifs is 1. The van der Waals surface area contributed by atoms with E-state index in [0.29, 0.717) is 65.0 Å². The number of amides is 1. The van der Waals surface area contributed by atoms with Crippen LogP contribution in [0.3, 0.4) is 0 Å². The van der Waals surface area contributed by atoms with Crippen molar-refractivity contribution in [2.45, 2.75) is 118 Å². The minimum absolute atomic E-state index is 0.0792. The van der Waals surface area contributed by atoms with Gasteiger partial charge in [-0.15, -0.1) is 11.8 Å². The van der Waals surface area contributed by atoms with Crippen molar-refractivity contribution in [1.82, 2.24) is 4.90 Å². The fourth-order valence-corrected chi connectivity index (χ4v) is 8.30. The molecule has 0 saturated carbocycles. The lowest BCUT2D eigenvalue weighted by Gasteiger charge is -2.38. The van der Waals surface area contributed by atoms with Crippen LogP contribution >= 0.6 is 23.4 Å². The quantitative estimate of drug-likeness (QED) is 0.0817. The van der Waals surface area contributed by atoms with Crippen molar-refractivity contribution in [1.29, 1.82) is 0 Å². The molecule has 2 aromatic rings. The molecule has 1 amide bonds. The van der Waals surface area contributed by atoms with Crippen molar-refractivity contribution >= 4 is 40.8 Å². The lowest BCUT2D eigenvalue weighted by atomic mass is 9.68. The van der Waals surface area contributed by atoms with Crippen molar-refractivity contribution in [3.63, 3.8) is 0 Å². The minimum atomic E-state index is -3.19. The van der Waals surface area contributed by atoms with Gasteiger partial charge in [0.05, 0.1) is 35.0 Å². The molecule has 0 bridgehead atoms. The van der Waals surface area contributed by atoms with E-state index in [9.17, 15) is 9.59 Å². The molecular weight excluding hydrogens is 833 g/mol. The highest BCUT2D eigenvalue weighted by molar-refractivity contribution is 8.02. The predicted molar refractivity (Wildman–Crippen MR) is 248 cm³/mol. The number of ether oxygens (including phenoxy) is 3.